The number of thiazole rings is 1. The average molecular weight is 583 g/mol. The number of aliphatic hydroxyl groups excluding tert-OH is 1. The predicted octanol–water partition coefficient (Wildman–Crippen LogP) is 6.97. The number of aliphatic hydroxyl groups is 1. The first-order valence-electron chi connectivity index (χ1n) is 13.3. The van der Waals surface area contributed by atoms with Gasteiger partial charge in [-0.15, -0.1) is 0 Å². The number of imidazole rings is 1. The van der Waals surface area contributed by atoms with Crippen LogP contribution < -0.4 is 20.1 Å². The Balaban J connectivity index is 1.15. The van der Waals surface area contributed by atoms with Gasteiger partial charge in [-0.2, -0.15) is 5.10 Å². The largest absolute Gasteiger partial charge is 0.497 e. The van der Waals surface area contributed by atoms with Crippen molar-refractivity contribution in [3.8, 4) is 22.9 Å². The number of urea groups is 1. The first kappa shape index (κ1) is 27.3. The molecule has 6 aromatic rings. The Kier molecular flexibility index (Phi) is 7.05. The molecule has 0 fully saturated rings. The van der Waals surface area contributed by atoms with E-state index in [1.807, 2.05) is 52.9 Å². The zero-order chi connectivity index (χ0) is 29.4. The lowest BCUT2D eigenvalue weighted by atomic mass is 9.92. The second-order valence-corrected chi connectivity index (χ2v) is 11.7. The first-order chi connectivity index (χ1) is 20.2. The van der Waals surface area contributed by atoms with Gasteiger partial charge in [0, 0.05) is 23.2 Å². The summed E-state index contributed by atoms with van der Waals surface area (Å²) in [6, 6.07) is 21.9. The van der Waals surface area contributed by atoms with Crippen LogP contribution in [0, 0.1) is 0 Å². The van der Waals surface area contributed by atoms with Gasteiger partial charge in [0.1, 0.15) is 23.1 Å². The number of anilines is 2. The zero-order valence-electron chi connectivity index (χ0n) is 23.6. The van der Waals surface area contributed by atoms with Gasteiger partial charge in [0.2, 0.25) is 0 Å². The molecule has 3 aromatic carbocycles. The van der Waals surface area contributed by atoms with E-state index in [1.54, 1.807) is 42.3 Å². The summed E-state index contributed by atoms with van der Waals surface area (Å²) in [7, 11) is 1.62. The van der Waals surface area contributed by atoms with E-state index in [0.717, 1.165) is 38.0 Å². The fraction of sp³-hybridized carbons (Fsp3) is 0.194. The van der Waals surface area contributed by atoms with Gasteiger partial charge in [-0.05, 0) is 60.7 Å². The summed E-state index contributed by atoms with van der Waals surface area (Å²) < 4.78 is 16.0. The van der Waals surface area contributed by atoms with Crippen LogP contribution >= 0.6 is 11.3 Å². The Morgan fingerprint density at radius 3 is 2.36 bits per heavy atom. The third kappa shape index (κ3) is 5.39. The smallest absolute Gasteiger partial charge is 0.324 e. The molecule has 214 valence electrons. The highest BCUT2D eigenvalue weighted by Crippen LogP contribution is 2.33. The first-order valence-corrected chi connectivity index (χ1v) is 14.1. The number of nitrogens with one attached hydrogen (secondary N) is 2. The molecular weight excluding hydrogens is 552 g/mol. The Morgan fingerprint density at radius 1 is 0.952 bits per heavy atom. The number of methoxy groups -OCH3 is 1. The van der Waals surface area contributed by atoms with Crippen LogP contribution in [0.5, 0.6) is 17.2 Å². The molecule has 42 heavy (non-hydrogen) atoms. The van der Waals surface area contributed by atoms with Crippen molar-refractivity contribution in [2.45, 2.75) is 32.8 Å². The van der Waals surface area contributed by atoms with Crippen LogP contribution in [-0.4, -0.2) is 37.4 Å². The number of benzene rings is 3. The quantitative estimate of drug-likeness (QED) is 0.187. The molecular formula is C31H30N6O4S. The van der Waals surface area contributed by atoms with Crippen LogP contribution in [0.1, 0.15) is 32.2 Å². The number of nitrogens with zero attached hydrogens (tertiary/aromatic N) is 4. The molecule has 3 aromatic heterocycles. The molecule has 11 heteroatoms. The summed E-state index contributed by atoms with van der Waals surface area (Å²) in [5, 5.41) is 20.2. The molecule has 0 saturated carbocycles. The van der Waals surface area contributed by atoms with E-state index in [-0.39, 0.29) is 12.0 Å². The molecule has 0 aliphatic carbocycles. The Bertz CT molecular complexity index is 1880. The van der Waals surface area contributed by atoms with E-state index in [2.05, 4.69) is 36.4 Å². The number of aromatic nitrogens is 4. The van der Waals surface area contributed by atoms with E-state index in [0.29, 0.717) is 23.0 Å². The molecule has 0 spiro atoms. The number of ether oxygens (including phenoxy) is 2. The van der Waals surface area contributed by atoms with Gasteiger partial charge in [0.05, 0.1) is 47.2 Å². The molecule has 0 saturated heterocycles. The number of hydrogen-bond donors (Lipinski definition) is 3. The van der Waals surface area contributed by atoms with Gasteiger partial charge in [0.15, 0.2) is 4.96 Å². The minimum absolute atomic E-state index is 0.0755. The summed E-state index contributed by atoms with van der Waals surface area (Å²) >= 11 is 1.53. The highest BCUT2D eigenvalue weighted by atomic mass is 32.1. The van der Waals surface area contributed by atoms with E-state index >= 15 is 0 Å². The minimum atomic E-state index is -0.394. The van der Waals surface area contributed by atoms with E-state index in [9.17, 15) is 9.90 Å². The van der Waals surface area contributed by atoms with Crippen molar-refractivity contribution < 1.29 is 19.4 Å². The molecule has 2 amide bonds. The Morgan fingerprint density at radius 2 is 1.67 bits per heavy atom. The van der Waals surface area contributed by atoms with Gasteiger partial charge in [-0.1, -0.05) is 32.1 Å². The number of fused-ring (bicyclic) bond motifs is 3. The maximum absolute atomic E-state index is 13.0. The summed E-state index contributed by atoms with van der Waals surface area (Å²) in [4.78, 5) is 18.2. The molecule has 0 aliphatic heterocycles. The van der Waals surface area contributed by atoms with E-state index in [4.69, 9.17) is 14.6 Å². The molecule has 0 unspecified atom stereocenters. The van der Waals surface area contributed by atoms with Gasteiger partial charge in [-0.25, -0.2) is 14.5 Å². The highest BCUT2D eigenvalue weighted by Gasteiger charge is 2.22. The van der Waals surface area contributed by atoms with Crippen LogP contribution in [0.3, 0.4) is 0 Å². The van der Waals surface area contributed by atoms with Crippen molar-refractivity contribution in [2.75, 3.05) is 17.7 Å². The normalized spacial score (nSPS) is 11.6. The van der Waals surface area contributed by atoms with Gasteiger partial charge in [-0.3, -0.25) is 9.72 Å². The van der Waals surface area contributed by atoms with Gasteiger partial charge in [0.25, 0.3) is 0 Å². The average Bonchev–Trinajstić information content (AvgIpc) is 3.67. The standard InChI is InChI=1S/C31H30N6O4S/c1-31(2,3)27-16-28(37(35-27)20-7-11-22(40-4)12-8-20)34-29(39)33-19-5-9-23(10-6-19)41-24-13-14-25-26(15-24)42-30-32-17-21(18-38)36(25)30/h5-17,38H,18H2,1-4H3,(H2,33,34,39). The van der Waals surface area contributed by atoms with Gasteiger partial charge < -0.3 is 19.9 Å². The second-order valence-electron chi connectivity index (χ2n) is 10.7. The van der Waals surface area contributed by atoms with E-state index < -0.39 is 6.03 Å². The minimum Gasteiger partial charge on any atom is -0.497 e. The van der Waals surface area contributed by atoms with Crippen LogP contribution in [0.25, 0.3) is 20.9 Å². The van der Waals surface area contributed by atoms with Crippen LogP contribution in [0.15, 0.2) is 79.0 Å². The highest BCUT2D eigenvalue weighted by molar-refractivity contribution is 7.23. The Labute approximate surface area is 246 Å². The lowest BCUT2D eigenvalue weighted by Crippen LogP contribution is -2.21. The van der Waals surface area contributed by atoms with Crippen molar-refractivity contribution in [3.05, 3.63) is 90.4 Å². The molecule has 10 nitrogen and oxygen atoms in total. The SMILES string of the molecule is COc1ccc(-n2nc(C(C)(C)C)cc2NC(=O)Nc2ccc(Oc3ccc4c(c3)sc3ncc(CO)n34)cc2)cc1. The summed E-state index contributed by atoms with van der Waals surface area (Å²) in [6.45, 7) is 6.15. The van der Waals surface area contributed by atoms with Crippen molar-refractivity contribution >= 4 is 44.1 Å². The van der Waals surface area contributed by atoms with Crippen molar-refractivity contribution in [1.82, 2.24) is 19.2 Å². The number of carbonyl (C=O) groups excluding carboxylic acids is 1. The van der Waals surface area contributed by atoms with Crippen molar-refractivity contribution in [1.29, 1.82) is 0 Å². The number of hydrogen-bond acceptors (Lipinski definition) is 7. The molecule has 3 heterocycles. The third-order valence-corrected chi connectivity index (χ3v) is 7.74. The van der Waals surface area contributed by atoms with Crippen molar-refractivity contribution in [2.24, 2.45) is 0 Å². The van der Waals surface area contributed by atoms with Crippen LogP contribution in [0.2, 0.25) is 0 Å². The molecule has 0 atom stereocenters. The third-order valence-electron chi connectivity index (χ3n) is 6.72. The summed E-state index contributed by atoms with van der Waals surface area (Å²) in [5.41, 5.74) is 3.76. The predicted molar refractivity (Wildman–Crippen MR) is 164 cm³/mol. The summed E-state index contributed by atoms with van der Waals surface area (Å²) in [5.74, 6) is 2.59. The number of amides is 2. The maximum Gasteiger partial charge on any atom is 0.324 e. The molecule has 0 bridgehead atoms. The fourth-order valence-corrected chi connectivity index (χ4v) is 5.56. The molecule has 0 radical (unpaired) electrons. The van der Waals surface area contributed by atoms with E-state index in [1.165, 1.54) is 11.3 Å². The molecule has 3 N–H and O–H groups in total. The van der Waals surface area contributed by atoms with Crippen molar-refractivity contribution in [3.63, 3.8) is 0 Å². The number of carbonyl (C=O) groups is 1. The second kappa shape index (κ2) is 10.8. The maximum atomic E-state index is 13.0. The van der Waals surface area contributed by atoms with Gasteiger partial charge >= 0.3 is 6.03 Å². The van der Waals surface area contributed by atoms with Crippen LogP contribution in [-0.2, 0) is 12.0 Å². The van der Waals surface area contributed by atoms with Crippen LogP contribution in [0.4, 0.5) is 16.3 Å². The topological polar surface area (TPSA) is 115 Å². The number of rotatable bonds is 7. The zero-order valence-corrected chi connectivity index (χ0v) is 24.4. The summed E-state index contributed by atoms with van der Waals surface area (Å²) in [6.07, 6.45) is 1.68. The fourth-order valence-electron chi connectivity index (χ4n) is 4.51. The monoisotopic (exact) mass is 582 g/mol. The molecule has 6 rings (SSSR count). The lowest BCUT2D eigenvalue weighted by Gasteiger charge is -2.14. The molecule has 0 aliphatic rings. The Hall–Kier alpha value is -4.87. The lowest BCUT2D eigenvalue weighted by molar-refractivity contribution is 0.262.